The molecular weight excluding hydrogens is 310 g/mol. The van der Waals surface area contributed by atoms with Gasteiger partial charge in [0, 0.05) is 41.0 Å². The van der Waals surface area contributed by atoms with Gasteiger partial charge in [0.15, 0.2) is 0 Å². The normalized spacial score (nSPS) is 15.6. The fourth-order valence-corrected chi connectivity index (χ4v) is 3.38. The van der Waals surface area contributed by atoms with E-state index in [2.05, 4.69) is 56.4 Å². The summed E-state index contributed by atoms with van der Waals surface area (Å²) in [6, 6.07) is 10.8. The highest BCUT2D eigenvalue weighted by molar-refractivity contribution is 5.96. The first-order valence-electron chi connectivity index (χ1n) is 8.74. The van der Waals surface area contributed by atoms with Crippen LogP contribution in [0.15, 0.2) is 48.9 Å². The SMILES string of the molecule is CC(Nc1ncc2c(-c3ccc4ncccc4c3)c[nH]c2n1)C1CC1. The fraction of sp³-hybridized carbons (Fsp3) is 0.250. The molecule has 0 bridgehead atoms. The van der Waals surface area contributed by atoms with Crippen molar-refractivity contribution in [2.24, 2.45) is 5.92 Å². The van der Waals surface area contributed by atoms with E-state index in [0.717, 1.165) is 39.0 Å². The molecule has 4 aromatic rings. The first kappa shape index (κ1) is 14.4. The van der Waals surface area contributed by atoms with Gasteiger partial charge >= 0.3 is 0 Å². The third-order valence-electron chi connectivity index (χ3n) is 5.03. The van der Waals surface area contributed by atoms with Gasteiger partial charge in [-0.2, -0.15) is 4.98 Å². The molecule has 1 aliphatic carbocycles. The summed E-state index contributed by atoms with van der Waals surface area (Å²) in [7, 11) is 0. The predicted molar refractivity (Wildman–Crippen MR) is 100 cm³/mol. The average Bonchev–Trinajstić information content (AvgIpc) is 3.41. The van der Waals surface area contributed by atoms with Crippen LogP contribution in [0.2, 0.25) is 0 Å². The Morgan fingerprint density at radius 1 is 1.20 bits per heavy atom. The van der Waals surface area contributed by atoms with Gasteiger partial charge in [-0.05, 0) is 49.4 Å². The van der Waals surface area contributed by atoms with Crippen LogP contribution in [0.5, 0.6) is 0 Å². The van der Waals surface area contributed by atoms with Crippen molar-refractivity contribution >= 4 is 27.9 Å². The molecule has 5 rings (SSSR count). The maximum atomic E-state index is 4.64. The second-order valence-corrected chi connectivity index (χ2v) is 6.84. The van der Waals surface area contributed by atoms with Crippen LogP contribution in [0.1, 0.15) is 19.8 Å². The van der Waals surface area contributed by atoms with Crippen molar-refractivity contribution in [1.29, 1.82) is 0 Å². The van der Waals surface area contributed by atoms with Crippen LogP contribution >= 0.6 is 0 Å². The number of H-pyrrole nitrogens is 1. The summed E-state index contributed by atoms with van der Waals surface area (Å²) < 4.78 is 0. The van der Waals surface area contributed by atoms with Gasteiger partial charge in [0.1, 0.15) is 5.65 Å². The van der Waals surface area contributed by atoms with E-state index in [4.69, 9.17) is 0 Å². The minimum atomic E-state index is 0.430. The zero-order chi connectivity index (χ0) is 16.8. The molecule has 1 aliphatic rings. The molecule has 0 spiro atoms. The molecule has 3 heterocycles. The highest BCUT2D eigenvalue weighted by Gasteiger charge is 2.28. The van der Waals surface area contributed by atoms with Crippen molar-refractivity contribution in [2.45, 2.75) is 25.8 Å². The first-order chi connectivity index (χ1) is 12.3. The predicted octanol–water partition coefficient (Wildman–Crippen LogP) is 4.38. The van der Waals surface area contributed by atoms with Gasteiger partial charge in [0.05, 0.1) is 5.52 Å². The van der Waals surface area contributed by atoms with Crippen molar-refractivity contribution in [3.05, 3.63) is 48.9 Å². The summed E-state index contributed by atoms with van der Waals surface area (Å²) in [5, 5.41) is 5.59. The monoisotopic (exact) mass is 329 g/mol. The van der Waals surface area contributed by atoms with Gasteiger partial charge < -0.3 is 10.3 Å². The molecule has 124 valence electrons. The Kier molecular flexibility index (Phi) is 3.20. The molecule has 1 atom stereocenters. The second-order valence-electron chi connectivity index (χ2n) is 6.84. The number of aromatic nitrogens is 4. The summed E-state index contributed by atoms with van der Waals surface area (Å²) in [5.74, 6) is 1.47. The van der Waals surface area contributed by atoms with Crippen molar-refractivity contribution in [1.82, 2.24) is 19.9 Å². The quantitative estimate of drug-likeness (QED) is 0.583. The zero-order valence-corrected chi connectivity index (χ0v) is 14.0. The Bertz CT molecular complexity index is 1060. The van der Waals surface area contributed by atoms with Crippen molar-refractivity contribution in [2.75, 3.05) is 5.32 Å². The lowest BCUT2D eigenvalue weighted by Gasteiger charge is -2.12. The maximum absolute atomic E-state index is 4.64. The number of benzene rings is 1. The molecule has 1 aromatic carbocycles. The summed E-state index contributed by atoms with van der Waals surface area (Å²) in [6.45, 7) is 2.20. The van der Waals surface area contributed by atoms with E-state index in [1.165, 1.54) is 12.8 Å². The second kappa shape index (κ2) is 5.55. The highest BCUT2D eigenvalue weighted by atomic mass is 15.1. The summed E-state index contributed by atoms with van der Waals surface area (Å²) in [5.41, 5.74) is 4.12. The number of hydrogen-bond donors (Lipinski definition) is 2. The molecule has 1 saturated carbocycles. The molecular formula is C20H19N5. The lowest BCUT2D eigenvalue weighted by molar-refractivity contribution is 0.687. The Morgan fingerprint density at radius 3 is 3.00 bits per heavy atom. The van der Waals surface area contributed by atoms with Gasteiger partial charge in [-0.25, -0.2) is 4.98 Å². The number of aromatic amines is 1. The smallest absolute Gasteiger partial charge is 0.224 e. The molecule has 2 N–H and O–H groups in total. The van der Waals surface area contributed by atoms with E-state index in [-0.39, 0.29) is 0 Å². The van der Waals surface area contributed by atoms with Gasteiger partial charge in [0.25, 0.3) is 0 Å². The van der Waals surface area contributed by atoms with Gasteiger partial charge in [0.2, 0.25) is 5.95 Å². The molecule has 5 nitrogen and oxygen atoms in total. The van der Waals surface area contributed by atoms with E-state index in [0.29, 0.717) is 12.0 Å². The zero-order valence-electron chi connectivity index (χ0n) is 14.0. The molecule has 0 aliphatic heterocycles. The van der Waals surface area contributed by atoms with E-state index >= 15 is 0 Å². The number of anilines is 1. The Morgan fingerprint density at radius 2 is 2.12 bits per heavy atom. The number of hydrogen-bond acceptors (Lipinski definition) is 4. The van der Waals surface area contributed by atoms with Crippen molar-refractivity contribution < 1.29 is 0 Å². The molecule has 5 heteroatoms. The lowest BCUT2D eigenvalue weighted by atomic mass is 10.0. The topological polar surface area (TPSA) is 66.5 Å². The van der Waals surface area contributed by atoms with Gasteiger partial charge in [-0.3, -0.25) is 4.98 Å². The van der Waals surface area contributed by atoms with Crippen LogP contribution in [0.4, 0.5) is 5.95 Å². The largest absolute Gasteiger partial charge is 0.351 e. The number of fused-ring (bicyclic) bond motifs is 2. The number of nitrogens with one attached hydrogen (secondary N) is 2. The van der Waals surface area contributed by atoms with Crippen LogP contribution in [-0.4, -0.2) is 26.0 Å². The van der Waals surface area contributed by atoms with E-state index in [1.807, 2.05) is 24.7 Å². The van der Waals surface area contributed by atoms with Gasteiger partial charge in [-0.15, -0.1) is 0 Å². The van der Waals surface area contributed by atoms with Crippen molar-refractivity contribution in [3.63, 3.8) is 0 Å². The number of nitrogens with zero attached hydrogens (tertiary/aromatic N) is 3. The summed E-state index contributed by atoms with van der Waals surface area (Å²) in [4.78, 5) is 16.8. The standard InChI is InChI=1S/C20H19N5/c1-12(13-4-5-13)24-20-23-11-17-16(10-22-19(17)25-20)14-6-7-18-15(9-14)3-2-8-21-18/h2-3,6-13H,4-5H2,1H3,(H2,22,23,24,25). The summed E-state index contributed by atoms with van der Waals surface area (Å²) >= 11 is 0. The molecule has 1 unspecified atom stereocenters. The first-order valence-corrected chi connectivity index (χ1v) is 8.74. The number of pyridine rings is 1. The van der Waals surface area contributed by atoms with E-state index < -0.39 is 0 Å². The van der Waals surface area contributed by atoms with Crippen LogP contribution in [0.25, 0.3) is 33.1 Å². The van der Waals surface area contributed by atoms with E-state index in [9.17, 15) is 0 Å². The minimum absolute atomic E-state index is 0.430. The molecule has 0 radical (unpaired) electrons. The maximum Gasteiger partial charge on any atom is 0.224 e. The van der Waals surface area contributed by atoms with Crippen LogP contribution in [0.3, 0.4) is 0 Å². The fourth-order valence-electron chi connectivity index (χ4n) is 3.38. The minimum Gasteiger partial charge on any atom is -0.351 e. The Balaban J connectivity index is 1.52. The summed E-state index contributed by atoms with van der Waals surface area (Å²) in [6.07, 6.45) is 8.34. The molecule has 25 heavy (non-hydrogen) atoms. The third kappa shape index (κ3) is 2.61. The van der Waals surface area contributed by atoms with E-state index in [1.54, 1.807) is 0 Å². The third-order valence-corrected chi connectivity index (χ3v) is 5.03. The molecule has 1 fully saturated rings. The number of rotatable bonds is 4. The average molecular weight is 329 g/mol. The van der Waals surface area contributed by atoms with Crippen LogP contribution < -0.4 is 5.32 Å². The Hall–Kier alpha value is -2.95. The lowest BCUT2D eigenvalue weighted by Crippen LogP contribution is -2.18. The molecule has 3 aromatic heterocycles. The van der Waals surface area contributed by atoms with Crippen LogP contribution in [-0.2, 0) is 0 Å². The Labute approximate surface area is 145 Å². The van der Waals surface area contributed by atoms with Crippen LogP contribution in [0, 0.1) is 5.92 Å². The van der Waals surface area contributed by atoms with Crippen molar-refractivity contribution in [3.8, 4) is 11.1 Å². The van der Waals surface area contributed by atoms with Gasteiger partial charge in [-0.1, -0.05) is 12.1 Å². The highest BCUT2D eigenvalue weighted by Crippen LogP contribution is 2.34. The molecule has 0 saturated heterocycles. The molecule has 0 amide bonds.